The third kappa shape index (κ3) is 3.71. The monoisotopic (exact) mass is 272 g/mol. The zero-order valence-corrected chi connectivity index (χ0v) is 11.2. The molecule has 0 radical (unpaired) electrons. The van der Waals surface area contributed by atoms with Gasteiger partial charge in [0.05, 0.1) is 12.0 Å². The minimum absolute atomic E-state index is 0.0967. The van der Waals surface area contributed by atoms with E-state index in [4.69, 9.17) is 4.74 Å². The van der Waals surface area contributed by atoms with E-state index in [9.17, 15) is 10.1 Å². The third-order valence-electron chi connectivity index (χ3n) is 2.96. The highest BCUT2D eigenvalue weighted by molar-refractivity contribution is 5.51. The van der Waals surface area contributed by atoms with E-state index in [1.54, 1.807) is 13.2 Å². The summed E-state index contributed by atoms with van der Waals surface area (Å²) in [6.07, 6.45) is 0.840. The van der Waals surface area contributed by atoms with Crippen LogP contribution in [0.4, 0.5) is 11.4 Å². The van der Waals surface area contributed by atoms with Gasteiger partial charge in [0, 0.05) is 24.4 Å². The molecule has 2 rings (SSSR count). The number of nitro groups is 1. The molecule has 0 saturated heterocycles. The maximum Gasteiger partial charge on any atom is 0.271 e. The number of anilines is 1. The van der Waals surface area contributed by atoms with Crippen molar-refractivity contribution in [3.05, 3.63) is 64.2 Å². The molecule has 0 aliphatic rings. The number of benzene rings is 2. The number of rotatable bonds is 6. The predicted octanol–water partition coefficient (Wildman–Crippen LogP) is 3.26. The summed E-state index contributed by atoms with van der Waals surface area (Å²) in [5.41, 5.74) is 2.04. The second-order valence-corrected chi connectivity index (χ2v) is 4.33. The van der Waals surface area contributed by atoms with Crippen LogP contribution in [0.15, 0.2) is 48.5 Å². The Bertz CT molecular complexity index is 582. The molecule has 0 atom stereocenters. The molecular weight excluding hydrogens is 256 g/mol. The molecule has 20 heavy (non-hydrogen) atoms. The van der Waals surface area contributed by atoms with Gasteiger partial charge in [0.25, 0.3) is 5.69 Å². The molecule has 0 unspecified atom stereocenters. The van der Waals surface area contributed by atoms with E-state index in [-0.39, 0.29) is 5.69 Å². The molecule has 5 heteroatoms. The first-order chi connectivity index (χ1) is 9.69. The van der Waals surface area contributed by atoms with E-state index >= 15 is 0 Å². The van der Waals surface area contributed by atoms with Crippen LogP contribution in [-0.4, -0.2) is 18.6 Å². The molecule has 2 aromatic carbocycles. The van der Waals surface area contributed by atoms with Gasteiger partial charge in [-0.1, -0.05) is 18.2 Å². The van der Waals surface area contributed by atoms with Gasteiger partial charge >= 0.3 is 0 Å². The van der Waals surface area contributed by atoms with Crippen molar-refractivity contribution in [2.45, 2.75) is 6.42 Å². The minimum Gasteiger partial charge on any atom is -0.497 e. The molecule has 0 bridgehead atoms. The van der Waals surface area contributed by atoms with Gasteiger partial charge in [0.1, 0.15) is 5.75 Å². The van der Waals surface area contributed by atoms with Gasteiger partial charge < -0.3 is 10.1 Å². The van der Waals surface area contributed by atoms with Crippen LogP contribution in [0.25, 0.3) is 0 Å². The second-order valence-electron chi connectivity index (χ2n) is 4.33. The molecule has 0 aliphatic carbocycles. The first-order valence-electron chi connectivity index (χ1n) is 6.30. The van der Waals surface area contributed by atoms with Gasteiger partial charge in [-0.25, -0.2) is 0 Å². The number of nitro benzene ring substituents is 1. The van der Waals surface area contributed by atoms with Gasteiger partial charge in [-0.3, -0.25) is 10.1 Å². The molecule has 0 fully saturated rings. The number of non-ortho nitro benzene ring substituents is 1. The van der Waals surface area contributed by atoms with Crippen LogP contribution in [0.5, 0.6) is 5.75 Å². The van der Waals surface area contributed by atoms with Crippen LogP contribution in [0.3, 0.4) is 0 Å². The van der Waals surface area contributed by atoms with E-state index in [1.807, 2.05) is 30.3 Å². The Kier molecular flexibility index (Phi) is 4.55. The molecule has 104 valence electrons. The maximum atomic E-state index is 10.7. The lowest BCUT2D eigenvalue weighted by Crippen LogP contribution is -2.05. The maximum absolute atomic E-state index is 10.7. The van der Waals surface area contributed by atoms with E-state index < -0.39 is 4.92 Å². The van der Waals surface area contributed by atoms with Crippen molar-refractivity contribution in [2.75, 3.05) is 19.0 Å². The molecule has 0 heterocycles. The zero-order valence-electron chi connectivity index (χ0n) is 11.2. The van der Waals surface area contributed by atoms with Crippen molar-refractivity contribution in [3.8, 4) is 5.75 Å². The summed E-state index contributed by atoms with van der Waals surface area (Å²) < 4.78 is 5.10. The highest BCUT2D eigenvalue weighted by Gasteiger charge is 2.04. The van der Waals surface area contributed by atoms with Crippen molar-refractivity contribution in [1.29, 1.82) is 0 Å². The van der Waals surface area contributed by atoms with E-state index in [0.29, 0.717) is 6.54 Å². The summed E-state index contributed by atoms with van der Waals surface area (Å²) in [5.74, 6) is 0.834. The first kappa shape index (κ1) is 13.9. The number of ether oxygens (including phenoxy) is 1. The Balaban J connectivity index is 1.88. The number of nitrogens with zero attached hydrogens (tertiary/aromatic N) is 1. The molecule has 5 nitrogen and oxygen atoms in total. The number of hydrogen-bond donors (Lipinski definition) is 1. The molecular formula is C15H16N2O3. The first-order valence-corrected chi connectivity index (χ1v) is 6.30. The van der Waals surface area contributed by atoms with Gasteiger partial charge in [-0.15, -0.1) is 0 Å². The molecule has 0 amide bonds. The van der Waals surface area contributed by atoms with Gasteiger partial charge in [-0.05, 0) is 30.2 Å². The predicted molar refractivity (Wildman–Crippen MR) is 78.3 cm³/mol. The minimum atomic E-state index is -0.394. The summed E-state index contributed by atoms with van der Waals surface area (Å²) in [6, 6.07) is 14.4. The number of nitrogens with one attached hydrogen (secondary N) is 1. The van der Waals surface area contributed by atoms with Crippen molar-refractivity contribution >= 4 is 11.4 Å². The van der Waals surface area contributed by atoms with Crippen molar-refractivity contribution in [3.63, 3.8) is 0 Å². The van der Waals surface area contributed by atoms with Crippen LogP contribution >= 0.6 is 0 Å². The van der Waals surface area contributed by atoms with Gasteiger partial charge in [0.15, 0.2) is 0 Å². The van der Waals surface area contributed by atoms with Crippen LogP contribution in [-0.2, 0) is 6.42 Å². The Morgan fingerprint density at radius 3 is 2.60 bits per heavy atom. The molecule has 0 aromatic heterocycles. The molecule has 1 N–H and O–H groups in total. The molecule has 0 saturated carbocycles. The summed E-state index contributed by atoms with van der Waals surface area (Å²) >= 11 is 0. The summed E-state index contributed by atoms with van der Waals surface area (Å²) in [7, 11) is 1.64. The molecule has 0 spiro atoms. The SMILES string of the molecule is COc1ccc(CCNc2cccc([N+](=O)[O-])c2)cc1. The largest absolute Gasteiger partial charge is 0.497 e. The highest BCUT2D eigenvalue weighted by Crippen LogP contribution is 2.17. The fraction of sp³-hybridized carbons (Fsp3) is 0.200. The molecule has 2 aromatic rings. The van der Waals surface area contributed by atoms with Gasteiger partial charge in [0.2, 0.25) is 0 Å². The number of methoxy groups -OCH3 is 1. The topological polar surface area (TPSA) is 64.4 Å². The Labute approximate surface area is 117 Å². The fourth-order valence-electron chi connectivity index (χ4n) is 1.87. The lowest BCUT2D eigenvalue weighted by Gasteiger charge is -2.07. The zero-order chi connectivity index (χ0) is 14.4. The van der Waals surface area contributed by atoms with Crippen LogP contribution < -0.4 is 10.1 Å². The van der Waals surface area contributed by atoms with Crippen LogP contribution in [0.1, 0.15) is 5.56 Å². The Hall–Kier alpha value is -2.56. The fourth-order valence-corrected chi connectivity index (χ4v) is 1.87. The van der Waals surface area contributed by atoms with E-state index in [1.165, 1.54) is 17.7 Å². The standard InChI is InChI=1S/C15H16N2O3/c1-20-15-7-5-12(6-8-15)9-10-16-13-3-2-4-14(11-13)17(18)19/h2-8,11,16H,9-10H2,1H3. The van der Waals surface area contributed by atoms with Crippen LogP contribution in [0, 0.1) is 10.1 Å². The van der Waals surface area contributed by atoms with Crippen molar-refractivity contribution < 1.29 is 9.66 Å². The Morgan fingerprint density at radius 2 is 1.95 bits per heavy atom. The summed E-state index contributed by atoms with van der Waals surface area (Å²) in [5, 5.41) is 13.9. The van der Waals surface area contributed by atoms with E-state index in [0.717, 1.165) is 17.9 Å². The quantitative estimate of drug-likeness (QED) is 0.647. The summed E-state index contributed by atoms with van der Waals surface area (Å²) in [6.45, 7) is 0.716. The third-order valence-corrected chi connectivity index (χ3v) is 2.96. The Morgan fingerprint density at radius 1 is 1.20 bits per heavy atom. The second kappa shape index (κ2) is 6.56. The van der Waals surface area contributed by atoms with Crippen molar-refractivity contribution in [2.24, 2.45) is 0 Å². The normalized spacial score (nSPS) is 10.1. The van der Waals surface area contributed by atoms with Crippen LogP contribution in [0.2, 0.25) is 0 Å². The average molecular weight is 272 g/mol. The lowest BCUT2D eigenvalue weighted by molar-refractivity contribution is -0.384. The number of hydrogen-bond acceptors (Lipinski definition) is 4. The van der Waals surface area contributed by atoms with Crippen molar-refractivity contribution in [1.82, 2.24) is 0 Å². The van der Waals surface area contributed by atoms with Gasteiger partial charge in [-0.2, -0.15) is 0 Å². The highest BCUT2D eigenvalue weighted by atomic mass is 16.6. The summed E-state index contributed by atoms with van der Waals surface area (Å²) in [4.78, 5) is 10.3. The lowest BCUT2D eigenvalue weighted by atomic mass is 10.1. The molecule has 0 aliphatic heterocycles. The average Bonchev–Trinajstić information content (AvgIpc) is 2.48. The smallest absolute Gasteiger partial charge is 0.271 e. The van der Waals surface area contributed by atoms with E-state index in [2.05, 4.69) is 5.32 Å².